The van der Waals surface area contributed by atoms with Crippen molar-refractivity contribution < 1.29 is 4.42 Å². The highest BCUT2D eigenvalue weighted by Crippen LogP contribution is 2.20. The van der Waals surface area contributed by atoms with Crippen molar-refractivity contribution in [3.63, 3.8) is 0 Å². The van der Waals surface area contributed by atoms with Gasteiger partial charge in [-0.2, -0.15) is 0 Å². The lowest BCUT2D eigenvalue weighted by Crippen LogP contribution is -2.21. The lowest BCUT2D eigenvalue weighted by molar-refractivity contribution is 0.557. The van der Waals surface area contributed by atoms with Crippen LogP contribution in [-0.2, 0) is 13.0 Å². The summed E-state index contributed by atoms with van der Waals surface area (Å²) in [5.41, 5.74) is 2.50. The van der Waals surface area contributed by atoms with E-state index < -0.39 is 5.63 Å². The summed E-state index contributed by atoms with van der Waals surface area (Å²) in [7, 11) is 0. The van der Waals surface area contributed by atoms with Crippen molar-refractivity contribution in [3.8, 4) is 0 Å². The van der Waals surface area contributed by atoms with Crippen molar-refractivity contribution in [3.05, 3.63) is 86.8 Å². The molecule has 2 aromatic carbocycles. The van der Waals surface area contributed by atoms with Gasteiger partial charge in [-0.1, -0.05) is 31.2 Å². The first-order chi connectivity index (χ1) is 12.2. The second-order valence-corrected chi connectivity index (χ2v) is 5.97. The van der Waals surface area contributed by atoms with E-state index >= 15 is 0 Å². The molecule has 0 saturated heterocycles. The second kappa shape index (κ2) is 6.02. The van der Waals surface area contributed by atoms with E-state index in [1.165, 1.54) is 17.0 Å². The summed E-state index contributed by atoms with van der Waals surface area (Å²) in [6.45, 7) is 2.31. The van der Waals surface area contributed by atoms with Crippen LogP contribution < -0.4 is 11.2 Å². The van der Waals surface area contributed by atoms with Crippen LogP contribution in [0.5, 0.6) is 0 Å². The van der Waals surface area contributed by atoms with Crippen molar-refractivity contribution in [2.24, 2.45) is 0 Å². The summed E-state index contributed by atoms with van der Waals surface area (Å²) in [5.74, 6) is 0. The topological polar surface area (TPSA) is 65.1 Å². The van der Waals surface area contributed by atoms with Crippen LogP contribution in [0.1, 0.15) is 18.1 Å². The molecule has 0 bridgehead atoms. The monoisotopic (exact) mass is 332 g/mol. The number of aryl methyl sites for hydroxylation is 1. The van der Waals surface area contributed by atoms with Gasteiger partial charge in [0.05, 0.1) is 23.8 Å². The van der Waals surface area contributed by atoms with Gasteiger partial charge in [0.2, 0.25) is 0 Å². The SMILES string of the molecule is CCc1ccc2c(Cn3cnc4ccccc4c3=O)cc(=O)oc2c1. The fourth-order valence-electron chi connectivity index (χ4n) is 3.03. The van der Waals surface area contributed by atoms with E-state index in [1.54, 1.807) is 12.1 Å². The van der Waals surface area contributed by atoms with E-state index in [4.69, 9.17) is 4.42 Å². The van der Waals surface area contributed by atoms with Crippen molar-refractivity contribution in [1.29, 1.82) is 0 Å². The number of para-hydroxylation sites is 1. The van der Waals surface area contributed by atoms with Crippen LogP contribution in [0.3, 0.4) is 0 Å². The highest BCUT2D eigenvalue weighted by Gasteiger charge is 2.09. The number of fused-ring (bicyclic) bond motifs is 2. The van der Waals surface area contributed by atoms with E-state index in [0.717, 1.165) is 22.9 Å². The molecular weight excluding hydrogens is 316 g/mol. The maximum Gasteiger partial charge on any atom is 0.336 e. The third kappa shape index (κ3) is 2.74. The molecule has 0 N–H and O–H groups in total. The molecular formula is C20H16N2O3. The normalized spacial score (nSPS) is 11.2. The Bertz CT molecular complexity index is 1200. The van der Waals surface area contributed by atoms with Crippen molar-refractivity contribution >= 4 is 21.9 Å². The Balaban J connectivity index is 1.87. The van der Waals surface area contributed by atoms with E-state index in [9.17, 15) is 9.59 Å². The minimum absolute atomic E-state index is 0.128. The average Bonchev–Trinajstić information content (AvgIpc) is 2.63. The molecule has 2 heterocycles. The molecule has 0 radical (unpaired) electrons. The molecule has 2 aromatic heterocycles. The molecule has 4 aromatic rings. The number of rotatable bonds is 3. The first kappa shape index (κ1) is 15.3. The van der Waals surface area contributed by atoms with Gasteiger partial charge in [0.25, 0.3) is 5.56 Å². The van der Waals surface area contributed by atoms with Gasteiger partial charge in [-0.05, 0) is 35.7 Å². The Morgan fingerprint density at radius 1 is 1.04 bits per heavy atom. The summed E-state index contributed by atoms with van der Waals surface area (Å²) in [5, 5.41) is 1.39. The molecule has 25 heavy (non-hydrogen) atoms. The van der Waals surface area contributed by atoms with Gasteiger partial charge in [-0.25, -0.2) is 9.78 Å². The molecule has 4 rings (SSSR count). The van der Waals surface area contributed by atoms with Crippen LogP contribution in [0.25, 0.3) is 21.9 Å². The third-order valence-electron chi connectivity index (χ3n) is 4.38. The Kier molecular flexibility index (Phi) is 3.69. The Labute approximate surface area is 143 Å². The van der Waals surface area contributed by atoms with Gasteiger partial charge >= 0.3 is 5.63 Å². The first-order valence-electron chi connectivity index (χ1n) is 8.15. The van der Waals surface area contributed by atoms with Crippen LogP contribution in [-0.4, -0.2) is 9.55 Å². The van der Waals surface area contributed by atoms with E-state index in [2.05, 4.69) is 4.98 Å². The zero-order valence-corrected chi connectivity index (χ0v) is 13.7. The van der Waals surface area contributed by atoms with Gasteiger partial charge in [0, 0.05) is 11.5 Å². The van der Waals surface area contributed by atoms with Gasteiger partial charge in [-0.3, -0.25) is 9.36 Å². The predicted molar refractivity (Wildman–Crippen MR) is 97.0 cm³/mol. The fourth-order valence-corrected chi connectivity index (χ4v) is 3.03. The molecule has 0 spiro atoms. The van der Waals surface area contributed by atoms with Crippen molar-refractivity contribution in [2.75, 3.05) is 0 Å². The predicted octanol–water partition coefficient (Wildman–Crippen LogP) is 3.11. The molecule has 0 unspecified atom stereocenters. The van der Waals surface area contributed by atoms with E-state index in [1.807, 2.05) is 37.3 Å². The first-order valence-corrected chi connectivity index (χ1v) is 8.15. The molecule has 0 amide bonds. The smallest absolute Gasteiger partial charge is 0.336 e. The maximum atomic E-state index is 12.7. The Morgan fingerprint density at radius 2 is 1.88 bits per heavy atom. The summed E-state index contributed by atoms with van der Waals surface area (Å²) in [4.78, 5) is 28.9. The number of hydrogen-bond donors (Lipinski definition) is 0. The lowest BCUT2D eigenvalue weighted by atomic mass is 10.1. The number of aromatic nitrogens is 2. The Morgan fingerprint density at radius 3 is 2.72 bits per heavy atom. The quantitative estimate of drug-likeness (QED) is 0.541. The van der Waals surface area contributed by atoms with E-state index in [0.29, 0.717) is 16.5 Å². The van der Waals surface area contributed by atoms with E-state index in [-0.39, 0.29) is 12.1 Å². The molecule has 0 aliphatic carbocycles. The highest BCUT2D eigenvalue weighted by molar-refractivity contribution is 5.81. The third-order valence-corrected chi connectivity index (χ3v) is 4.38. The second-order valence-electron chi connectivity index (χ2n) is 5.97. The minimum atomic E-state index is -0.419. The van der Waals surface area contributed by atoms with Crippen LogP contribution >= 0.6 is 0 Å². The molecule has 5 heteroatoms. The summed E-state index contributed by atoms with van der Waals surface area (Å²) < 4.78 is 6.84. The van der Waals surface area contributed by atoms with Gasteiger partial charge in [0.15, 0.2) is 0 Å². The highest BCUT2D eigenvalue weighted by atomic mass is 16.4. The lowest BCUT2D eigenvalue weighted by Gasteiger charge is -2.09. The van der Waals surface area contributed by atoms with Crippen LogP contribution in [0.2, 0.25) is 0 Å². The van der Waals surface area contributed by atoms with Crippen molar-refractivity contribution in [2.45, 2.75) is 19.9 Å². The van der Waals surface area contributed by atoms with Crippen molar-refractivity contribution in [1.82, 2.24) is 9.55 Å². The minimum Gasteiger partial charge on any atom is -0.423 e. The summed E-state index contributed by atoms with van der Waals surface area (Å²) in [6.07, 6.45) is 2.38. The summed E-state index contributed by atoms with van der Waals surface area (Å²) >= 11 is 0. The van der Waals surface area contributed by atoms with Crippen LogP contribution in [0.15, 0.2) is 68.9 Å². The maximum absolute atomic E-state index is 12.7. The average molecular weight is 332 g/mol. The van der Waals surface area contributed by atoms with Crippen LogP contribution in [0, 0.1) is 0 Å². The summed E-state index contributed by atoms with van der Waals surface area (Å²) in [6, 6.07) is 14.5. The molecule has 5 nitrogen and oxygen atoms in total. The van der Waals surface area contributed by atoms with Crippen LogP contribution in [0.4, 0.5) is 0 Å². The number of hydrogen-bond acceptors (Lipinski definition) is 4. The van der Waals surface area contributed by atoms with Gasteiger partial charge in [0.1, 0.15) is 5.58 Å². The molecule has 0 atom stereocenters. The standard InChI is InChI=1S/C20H16N2O3/c1-2-13-7-8-15-14(10-19(23)25-18(15)9-13)11-22-12-21-17-6-4-3-5-16(17)20(22)24/h3-10,12H,2,11H2,1H3. The number of nitrogens with zero attached hydrogens (tertiary/aromatic N) is 2. The Hall–Kier alpha value is -3.21. The molecule has 124 valence electrons. The molecule has 0 aliphatic heterocycles. The molecule has 0 aliphatic rings. The zero-order valence-electron chi connectivity index (χ0n) is 13.7. The fraction of sp³-hybridized carbons (Fsp3) is 0.150. The van der Waals surface area contributed by atoms with Gasteiger partial charge in [-0.15, -0.1) is 0 Å². The van der Waals surface area contributed by atoms with Gasteiger partial charge < -0.3 is 4.42 Å². The molecule has 0 fully saturated rings. The zero-order chi connectivity index (χ0) is 17.4. The largest absolute Gasteiger partial charge is 0.423 e. The molecule has 0 saturated carbocycles. The number of benzene rings is 2.